The van der Waals surface area contributed by atoms with E-state index in [4.69, 9.17) is 0 Å². The van der Waals surface area contributed by atoms with Gasteiger partial charge in [0.25, 0.3) is 0 Å². The molecule has 0 nitrogen and oxygen atoms in total. The Balaban J connectivity index is 2.36. The summed E-state index contributed by atoms with van der Waals surface area (Å²) in [4.78, 5) is -0.189. The second-order valence-electron chi connectivity index (χ2n) is 4.61. The summed E-state index contributed by atoms with van der Waals surface area (Å²) < 4.78 is 39.6. The van der Waals surface area contributed by atoms with Gasteiger partial charge in [0, 0.05) is 8.95 Å². The Kier molecular flexibility index (Phi) is 5.21. The van der Waals surface area contributed by atoms with Crippen LogP contribution in [0.2, 0.25) is 0 Å². The molecule has 21 heavy (non-hydrogen) atoms. The molecule has 0 aliphatic carbocycles. The van der Waals surface area contributed by atoms with Gasteiger partial charge in [0.2, 0.25) is 0 Å². The molecule has 1 unspecified atom stereocenters. The number of hydrogen-bond donors (Lipinski definition) is 0. The third-order valence-corrected chi connectivity index (χ3v) is 5.64. The minimum atomic E-state index is -4.31. The minimum Gasteiger partial charge on any atom is -0.166 e. The first kappa shape index (κ1) is 17.0. The molecule has 112 valence electrons. The fourth-order valence-electron chi connectivity index (χ4n) is 1.88. The van der Waals surface area contributed by atoms with Gasteiger partial charge in [-0.2, -0.15) is 13.2 Å². The van der Waals surface area contributed by atoms with E-state index in [0.29, 0.717) is 0 Å². The van der Waals surface area contributed by atoms with Gasteiger partial charge in [-0.3, -0.25) is 0 Å². The third-order valence-electron chi connectivity index (χ3n) is 3.08. The van der Waals surface area contributed by atoms with Crippen LogP contribution in [-0.2, 0) is 6.18 Å². The molecule has 0 N–H and O–H groups in total. The number of aryl methyl sites for hydroxylation is 1. The molecule has 2 rings (SSSR count). The fourth-order valence-corrected chi connectivity index (χ4v) is 3.92. The average molecular weight is 487 g/mol. The molecular formula is C15H10Br3F3. The Labute approximate surface area is 146 Å². The van der Waals surface area contributed by atoms with E-state index in [9.17, 15) is 13.2 Å². The van der Waals surface area contributed by atoms with Crippen molar-refractivity contribution in [3.05, 3.63) is 67.6 Å². The van der Waals surface area contributed by atoms with Gasteiger partial charge in [-0.25, -0.2) is 0 Å². The molecular weight excluding hydrogens is 477 g/mol. The van der Waals surface area contributed by atoms with Crippen molar-refractivity contribution in [1.29, 1.82) is 0 Å². The lowest BCUT2D eigenvalue weighted by Gasteiger charge is -2.15. The highest BCUT2D eigenvalue weighted by Crippen LogP contribution is 2.39. The predicted molar refractivity (Wildman–Crippen MR) is 88.8 cm³/mol. The van der Waals surface area contributed by atoms with Crippen LogP contribution in [0.1, 0.15) is 27.1 Å². The van der Waals surface area contributed by atoms with Gasteiger partial charge < -0.3 is 0 Å². The van der Waals surface area contributed by atoms with Gasteiger partial charge in [0.1, 0.15) is 0 Å². The van der Waals surface area contributed by atoms with Crippen LogP contribution in [-0.4, -0.2) is 0 Å². The van der Waals surface area contributed by atoms with Crippen LogP contribution in [0.25, 0.3) is 0 Å². The largest absolute Gasteiger partial charge is 0.416 e. The zero-order chi connectivity index (χ0) is 15.8. The summed E-state index contributed by atoms with van der Waals surface area (Å²) in [6, 6.07) is 9.10. The maximum Gasteiger partial charge on any atom is 0.416 e. The van der Waals surface area contributed by atoms with Gasteiger partial charge in [-0.15, -0.1) is 0 Å². The van der Waals surface area contributed by atoms with Gasteiger partial charge in [-0.1, -0.05) is 59.9 Å². The molecule has 0 amide bonds. The Morgan fingerprint density at radius 2 is 1.52 bits per heavy atom. The maximum absolute atomic E-state index is 12.6. The summed E-state index contributed by atoms with van der Waals surface area (Å²) in [6.07, 6.45) is -4.31. The molecule has 0 bridgehead atoms. The Hall–Kier alpha value is -0.330. The number of alkyl halides is 4. The maximum atomic E-state index is 12.6. The number of halogens is 6. The van der Waals surface area contributed by atoms with Crippen molar-refractivity contribution < 1.29 is 13.2 Å². The smallest absolute Gasteiger partial charge is 0.166 e. The van der Waals surface area contributed by atoms with E-state index < -0.39 is 11.7 Å². The number of hydrogen-bond acceptors (Lipinski definition) is 0. The topological polar surface area (TPSA) is 0 Å². The lowest BCUT2D eigenvalue weighted by molar-refractivity contribution is -0.137. The van der Waals surface area contributed by atoms with Crippen molar-refractivity contribution in [2.24, 2.45) is 0 Å². The summed E-state index contributed by atoms with van der Waals surface area (Å²) in [6.45, 7) is 1.97. The molecule has 6 heteroatoms. The molecule has 0 saturated carbocycles. The summed E-state index contributed by atoms with van der Waals surface area (Å²) in [5, 5.41) is 0. The highest BCUT2D eigenvalue weighted by molar-refractivity contribution is 9.11. The third kappa shape index (κ3) is 3.90. The summed E-state index contributed by atoms with van der Waals surface area (Å²) in [5.74, 6) is 0. The van der Waals surface area contributed by atoms with Crippen LogP contribution in [0.3, 0.4) is 0 Å². The Morgan fingerprint density at radius 3 is 2.05 bits per heavy atom. The van der Waals surface area contributed by atoms with E-state index >= 15 is 0 Å². The first-order chi connectivity index (χ1) is 9.70. The highest BCUT2D eigenvalue weighted by Gasteiger charge is 2.30. The zero-order valence-electron chi connectivity index (χ0n) is 10.8. The summed E-state index contributed by atoms with van der Waals surface area (Å²) >= 11 is 10.5. The quantitative estimate of drug-likeness (QED) is 0.400. The van der Waals surface area contributed by atoms with Crippen molar-refractivity contribution in [3.63, 3.8) is 0 Å². The minimum absolute atomic E-state index is 0.189. The molecule has 0 spiro atoms. The van der Waals surface area contributed by atoms with E-state index in [0.717, 1.165) is 37.8 Å². The number of rotatable bonds is 2. The van der Waals surface area contributed by atoms with Crippen LogP contribution >= 0.6 is 47.8 Å². The van der Waals surface area contributed by atoms with Crippen molar-refractivity contribution in [1.82, 2.24) is 0 Å². The van der Waals surface area contributed by atoms with Gasteiger partial charge in [0.15, 0.2) is 0 Å². The van der Waals surface area contributed by atoms with E-state index in [1.807, 2.05) is 19.1 Å². The predicted octanol–water partition coefficient (Wildman–Crippen LogP) is 7.02. The summed E-state index contributed by atoms with van der Waals surface area (Å²) in [7, 11) is 0. The first-order valence-electron chi connectivity index (χ1n) is 5.97. The number of benzene rings is 2. The molecule has 0 aliphatic rings. The lowest BCUT2D eigenvalue weighted by atomic mass is 10.0. The SMILES string of the molecule is Cc1cc(Br)c(C(Br)c2ccc(C(F)(F)F)cc2)cc1Br. The van der Waals surface area contributed by atoms with Crippen molar-refractivity contribution >= 4 is 47.8 Å². The van der Waals surface area contributed by atoms with Crippen LogP contribution in [0.4, 0.5) is 13.2 Å². The van der Waals surface area contributed by atoms with Crippen molar-refractivity contribution in [2.45, 2.75) is 17.9 Å². The molecule has 0 aromatic heterocycles. The van der Waals surface area contributed by atoms with Crippen molar-refractivity contribution in [3.8, 4) is 0 Å². The molecule has 2 aromatic carbocycles. The van der Waals surface area contributed by atoms with Gasteiger partial charge >= 0.3 is 6.18 Å². The first-order valence-corrected chi connectivity index (χ1v) is 8.47. The highest BCUT2D eigenvalue weighted by atomic mass is 79.9. The monoisotopic (exact) mass is 484 g/mol. The summed E-state index contributed by atoms with van der Waals surface area (Å²) in [5.41, 5.74) is 2.15. The molecule has 0 heterocycles. The second-order valence-corrected chi connectivity index (χ2v) is 7.23. The second kappa shape index (κ2) is 6.42. The zero-order valence-corrected chi connectivity index (χ0v) is 15.6. The van der Waals surface area contributed by atoms with Crippen LogP contribution in [0.15, 0.2) is 45.3 Å². The van der Waals surface area contributed by atoms with Crippen LogP contribution in [0.5, 0.6) is 0 Å². The lowest BCUT2D eigenvalue weighted by Crippen LogP contribution is -2.05. The van der Waals surface area contributed by atoms with E-state index in [1.165, 1.54) is 12.1 Å². The standard InChI is InChI=1S/C15H10Br3F3/c1-8-6-13(17)11(7-12(8)16)14(18)9-2-4-10(5-3-9)15(19,20)21/h2-7,14H,1H3. The fraction of sp³-hybridized carbons (Fsp3) is 0.200. The Bertz CT molecular complexity index is 648. The molecule has 0 radical (unpaired) electrons. The van der Waals surface area contributed by atoms with Gasteiger partial charge in [0.05, 0.1) is 10.4 Å². The Morgan fingerprint density at radius 1 is 0.952 bits per heavy atom. The van der Waals surface area contributed by atoms with Crippen LogP contribution < -0.4 is 0 Å². The normalized spacial score (nSPS) is 13.3. The van der Waals surface area contributed by atoms with Gasteiger partial charge in [-0.05, 0) is 47.9 Å². The van der Waals surface area contributed by atoms with Crippen LogP contribution in [0, 0.1) is 6.92 Å². The van der Waals surface area contributed by atoms with E-state index in [-0.39, 0.29) is 4.83 Å². The average Bonchev–Trinajstić information content (AvgIpc) is 2.41. The molecule has 0 fully saturated rings. The van der Waals surface area contributed by atoms with E-state index in [2.05, 4.69) is 47.8 Å². The van der Waals surface area contributed by atoms with E-state index in [1.54, 1.807) is 0 Å². The molecule has 2 aromatic rings. The molecule has 0 saturated heterocycles. The molecule has 0 aliphatic heterocycles. The van der Waals surface area contributed by atoms with Crippen molar-refractivity contribution in [2.75, 3.05) is 0 Å². The molecule has 1 atom stereocenters.